The Bertz CT molecular complexity index is 1070. The molecule has 0 spiro atoms. The van der Waals surface area contributed by atoms with Gasteiger partial charge in [0.2, 0.25) is 0 Å². The summed E-state index contributed by atoms with van der Waals surface area (Å²) in [6.07, 6.45) is 7.12. The molecule has 2 atom stereocenters. The second kappa shape index (κ2) is 8.45. The van der Waals surface area contributed by atoms with E-state index in [1.807, 2.05) is 6.07 Å². The Morgan fingerprint density at radius 1 is 1.27 bits per heavy atom. The number of nitrogens with one attached hydrogen (secondary N) is 1. The van der Waals surface area contributed by atoms with E-state index in [1.54, 1.807) is 12.4 Å². The van der Waals surface area contributed by atoms with E-state index in [0.29, 0.717) is 5.69 Å². The second-order valence-corrected chi connectivity index (χ2v) is 8.22. The van der Waals surface area contributed by atoms with E-state index in [0.717, 1.165) is 54.7 Å². The van der Waals surface area contributed by atoms with Crippen molar-refractivity contribution in [3.8, 4) is 16.3 Å². The molecule has 30 heavy (non-hydrogen) atoms. The van der Waals surface area contributed by atoms with Gasteiger partial charge in [-0.3, -0.25) is 9.78 Å². The topological polar surface area (TPSA) is 101 Å². The van der Waals surface area contributed by atoms with E-state index < -0.39 is 23.3 Å². The monoisotopic (exact) mass is 430 g/mol. The Hall–Kier alpha value is -2.91. The number of nitrogens with zero attached hydrogens (tertiary/aromatic N) is 2. The largest absolute Gasteiger partial charge is 0.508 e. The number of phenolic OH excluding ortho intramolecular Hbond substituents is 1. The highest BCUT2D eigenvalue weighted by molar-refractivity contribution is 7.13. The molecule has 1 saturated carbocycles. The highest BCUT2D eigenvalue weighted by atomic mass is 32.1. The third kappa shape index (κ3) is 4.17. The Kier molecular flexibility index (Phi) is 5.74. The Morgan fingerprint density at radius 3 is 2.77 bits per heavy atom. The lowest BCUT2D eigenvalue weighted by Gasteiger charge is -2.28. The minimum Gasteiger partial charge on any atom is -0.508 e. The summed E-state index contributed by atoms with van der Waals surface area (Å²) in [4.78, 5) is 20.9. The first kappa shape index (κ1) is 20.4. The average Bonchev–Trinajstić information content (AvgIpc) is 3.17. The summed E-state index contributed by atoms with van der Waals surface area (Å²) >= 11 is 0.943. The van der Waals surface area contributed by atoms with Gasteiger partial charge < -0.3 is 16.2 Å². The maximum atomic E-state index is 14.1. The van der Waals surface area contributed by atoms with Crippen LogP contribution in [0.3, 0.4) is 0 Å². The zero-order chi connectivity index (χ0) is 21.3. The molecule has 1 aliphatic carbocycles. The summed E-state index contributed by atoms with van der Waals surface area (Å²) in [5, 5.41) is 13.6. The quantitative estimate of drug-likeness (QED) is 0.569. The fourth-order valence-electron chi connectivity index (χ4n) is 3.82. The fraction of sp³-hybridized carbons (Fsp3) is 0.286. The van der Waals surface area contributed by atoms with Crippen LogP contribution in [0.4, 0.5) is 14.5 Å². The van der Waals surface area contributed by atoms with E-state index >= 15 is 0 Å². The van der Waals surface area contributed by atoms with Crippen molar-refractivity contribution < 1.29 is 18.7 Å². The normalized spacial score (nSPS) is 18.9. The van der Waals surface area contributed by atoms with Crippen LogP contribution in [0, 0.1) is 11.6 Å². The minimum absolute atomic E-state index is 0.0137. The van der Waals surface area contributed by atoms with Gasteiger partial charge in [0.15, 0.2) is 0 Å². The van der Waals surface area contributed by atoms with Crippen molar-refractivity contribution >= 4 is 22.9 Å². The first-order chi connectivity index (χ1) is 14.4. The molecule has 6 nitrogen and oxygen atoms in total. The molecule has 0 bridgehead atoms. The molecule has 2 heterocycles. The van der Waals surface area contributed by atoms with Crippen LogP contribution in [0.25, 0.3) is 10.6 Å². The molecular formula is C21H20F2N4O2S. The van der Waals surface area contributed by atoms with Crippen LogP contribution in [-0.2, 0) is 0 Å². The van der Waals surface area contributed by atoms with Crippen molar-refractivity contribution in [2.24, 2.45) is 5.73 Å². The molecule has 0 aliphatic heterocycles. The van der Waals surface area contributed by atoms with Gasteiger partial charge in [0.25, 0.3) is 5.91 Å². The summed E-state index contributed by atoms with van der Waals surface area (Å²) in [7, 11) is 0. The number of carbonyl (C=O) groups is 1. The van der Waals surface area contributed by atoms with Gasteiger partial charge in [-0.25, -0.2) is 13.8 Å². The number of hydrogen-bond acceptors (Lipinski definition) is 6. The van der Waals surface area contributed by atoms with Gasteiger partial charge in [0, 0.05) is 29.8 Å². The van der Waals surface area contributed by atoms with Crippen molar-refractivity contribution in [1.29, 1.82) is 0 Å². The van der Waals surface area contributed by atoms with Crippen LogP contribution >= 0.6 is 11.3 Å². The number of phenols is 1. The van der Waals surface area contributed by atoms with Gasteiger partial charge in [-0.2, -0.15) is 0 Å². The Labute approximate surface area is 175 Å². The zero-order valence-corrected chi connectivity index (χ0v) is 16.8. The number of nitrogens with two attached hydrogens (primary N) is 1. The molecule has 0 unspecified atom stereocenters. The van der Waals surface area contributed by atoms with Gasteiger partial charge in [0.1, 0.15) is 28.1 Å². The van der Waals surface area contributed by atoms with E-state index in [2.05, 4.69) is 15.3 Å². The van der Waals surface area contributed by atoms with E-state index in [9.17, 15) is 18.7 Å². The maximum absolute atomic E-state index is 14.1. The highest BCUT2D eigenvalue weighted by Crippen LogP contribution is 2.36. The van der Waals surface area contributed by atoms with Crippen LogP contribution in [0.15, 0.2) is 36.0 Å². The highest BCUT2D eigenvalue weighted by Gasteiger charge is 2.24. The first-order valence-corrected chi connectivity index (χ1v) is 10.4. The summed E-state index contributed by atoms with van der Waals surface area (Å²) in [6, 6.07) is 3.62. The molecule has 0 radical (unpaired) electrons. The molecule has 1 aromatic carbocycles. The van der Waals surface area contributed by atoms with E-state index in [1.165, 1.54) is 5.38 Å². The molecule has 3 aromatic rings. The number of benzene rings is 1. The lowest BCUT2D eigenvalue weighted by atomic mass is 9.81. The average molecular weight is 430 g/mol. The van der Waals surface area contributed by atoms with E-state index in [-0.39, 0.29) is 28.2 Å². The number of anilines is 1. The van der Waals surface area contributed by atoms with Gasteiger partial charge >= 0.3 is 0 Å². The molecule has 2 aromatic heterocycles. The molecule has 156 valence electrons. The summed E-state index contributed by atoms with van der Waals surface area (Å²) < 4.78 is 28.2. The molecular weight excluding hydrogens is 410 g/mol. The summed E-state index contributed by atoms with van der Waals surface area (Å²) in [5.74, 6) is -2.67. The second-order valence-electron chi connectivity index (χ2n) is 7.36. The van der Waals surface area contributed by atoms with Crippen molar-refractivity contribution in [2.75, 3.05) is 5.32 Å². The minimum atomic E-state index is -0.947. The molecule has 1 amide bonds. The van der Waals surface area contributed by atoms with Crippen molar-refractivity contribution in [2.45, 2.75) is 37.6 Å². The van der Waals surface area contributed by atoms with Gasteiger partial charge in [-0.15, -0.1) is 11.3 Å². The van der Waals surface area contributed by atoms with Crippen LogP contribution < -0.4 is 11.1 Å². The number of hydrogen-bond donors (Lipinski definition) is 3. The Morgan fingerprint density at radius 2 is 2.03 bits per heavy atom. The molecule has 9 heteroatoms. The molecule has 1 aliphatic rings. The number of thiazole rings is 1. The van der Waals surface area contributed by atoms with Crippen molar-refractivity contribution in [3.63, 3.8) is 0 Å². The number of pyridine rings is 1. The van der Waals surface area contributed by atoms with Gasteiger partial charge in [0.05, 0.1) is 17.4 Å². The zero-order valence-electron chi connectivity index (χ0n) is 15.9. The number of amides is 1. The number of halogens is 2. The lowest BCUT2D eigenvalue weighted by molar-refractivity contribution is 0.102. The third-order valence-corrected chi connectivity index (χ3v) is 6.09. The predicted octanol–water partition coefficient (Wildman–Crippen LogP) is 4.43. The van der Waals surface area contributed by atoms with Crippen LogP contribution in [0.2, 0.25) is 0 Å². The lowest BCUT2D eigenvalue weighted by Crippen LogP contribution is -2.27. The fourth-order valence-corrected chi connectivity index (χ4v) is 4.67. The third-order valence-electron chi connectivity index (χ3n) is 5.24. The predicted molar refractivity (Wildman–Crippen MR) is 111 cm³/mol. The SMILES string of the molecule is N[C@H]1CCC[C@@H](c2ccncc2NC(=O)c2csc(-c3c(F)cc(O)cc3F)n2)C1. The van der Waals surface area contributed by atoms with Gasteiger partial charge in [-0.1, -0.05) is 6.42 Å². The standard InChI is InChI=1S/C21H20F2N4O2S/c22-15-7-13(28)8-16(23)19(15)21-27-18(10-30-21)20(29)26-17-9-25-5-4-14(17)11-2-1-3-12(24)6-11/h4-5,7-12,28H,1-3,6,24H2,(H,26,29)/t11-,12+/m1/s1. The van der Waals surface area contributed by atoms with Crippen LogP contribution in [0.5, 0.6) is 5.75 Å². The van der Waals surface area contributed by atoms with Crippen molar-refractivity contribution in [1.82, 2.24) is 9.97 Å². The smallest absolute Gasteiger partial charge is 0.275 e. The summed E-state index contributed by atoms with van der Waals surface area (Å²) in [5.41, 5.74) is 7.32. The van der Waals surface area contributed by atoms with Crippen molar-refractivity contribution in [3.05, 3.63) is 58.9 Å². The Balaban J connectivity index is 1.57. The molecule has 4 N–H and O–H groups in total. The maximum Gasteiger partial charge on any atom is 0.275 e. The number of carbonyl (C=O) groups excluding carboxylic acids is 1. The molecule has 1 fully saturated rings. The number of rotatable bonds is 4. The van der Waals surface area contributed by atoms with Crippen LogP contribution in [-0.4, -0.2) is 27.0 Å². The number of aromatic hydroxyl groups is 1. The number of aromatic nitrogens is 2. The molecule has 4 rings (SSSR count). The van der Waals surface area contributed by atoms with E-state index in [4.69, 9.17) is 5.73 Å². The molecule has 0 saturated heterocycles. The van der Waals surface area contributed by atoms with Crippen LogP contribution in [0.1, 0.15) is 47.7 Å². The van der Waals surface area contributed by atoms with Gasteiger partial charge in [-0.05, 0) is 36.8 Å². The first-order valence-electron chi connectivity index (χ1n) is 9.57. The summed E-state index contributed by atoms with van der Waals surface area (Å²) in [6.45, 7) is 0.